The third-order valence-electron chi connectivity index (χ3n) is 3.90. The summed E-state index contributed by atoms with van der Waals surface area (Å²) in [5, 5.41) is 3.36. The third-order valence-corrected chi connectivity index (χ3v) is 3.90. The van der Waals surface area contributed by atoms with Gasteiger partial charge in [0.25, 0.3) is 0 Å². The van der Waals surface area contributed by atoms with Crippen molar-refractivity contribution in [3.8, 4) is 0 Å². The number of amides is 1. The monoisotopic (exact) mass is 210 g/mol. The number of nitrogens with one attached hydrogen (secondary N) is 1. The quantitative estimate of drug-likeness (QED) is 0.712. The van der Waals surface area contributed by atoms with Gasteiger partial charge in [-0.2, -0.15) is 0 Å². The summed E-state index contributed by atoms with van der Waals surface area (Å²) in [6.07, 6.45) is 5.74. The molecule has 0 bridgehead atoms. The molecule has 2 fully saturated rings. The molecule has 3 heteroatoms. The van der Waals surface area contributed by atoms with Gasteiger partial charge in [-0.3, -0.25) is 4.79 Å². The van der Waals surface area contributed by atoms with Crippen LogP contribution in [0.25, 0.3) is 0 Å². The first kappa shape index (κ1) is 10.9. The van der Waals surface area contributed by atoms with Gasteiger partial charge in [0, 0.05) is 12.6 Å². The Labute approximate surface area is 92.2 Å². The molecule has 3 nitrogen and oxygen atoms in total. The molecule has 2 saturated heterocycles. The Bertz CT molecular complexity index is 246. The standard InChI is InChI=1S/C12H22N2O/c1-10-6-3-4-9-14(10)11(15)12(2)7-5-8-13-12/h10,13H,3-9H2,1-2H3. The van der Waals surface area contributed by atoms with Gasteiger partial charge in [-0.05, 0) is 52.5 Å². The van der Waals surface area contributed by atoms with Gasteiger partial charge in [0.05, 0.1) is 5.54 Å². The van der Waals surface area contributed by atoms with Crippen LogP contribution in [0.4, 0.5) is 0 Å². The van der Waals surface area contributed by atoms with Gasteiger partial charge in [0.15, 0.2) is 0 Å². The van der Waals surface area contributed by atoms with Crippen molar-refractivity contribution in [1.29, 1.82) is 0 Å². The van der Waals surface area contributed by atoms with Crippen molar-refractivity contribution < 1.29 is 4.79 Å². The van der Waals surface area contributed by atoms with Crippen LogP contribution in [-0.2, 0) is 4.79 Å². The number of piperidine rings is 1. The molecule has 2 aliphatic heterocycles. The van der Waals surface area contributed by atoms with E-state index < -0.39 is 0 Å². The Morgan fingerprint density at radius 3 is 2.80 bits per heavy atom. The maximum atomic E-state index is 12.4. The summed E-state index contributed by atoms with van der Waals surface area (Å²) in [5.41, 5.74) is -0.272. The van der Waals surface area contributed by atoms with Crippen molar-refractivity contribution in [3.05, 3.63) is 0 Å². The molecule has 2 rings (SSSR count). The van der Waals surface area contributed by atoms with E-state index in [0.29, 0.717) is 11.9 Å². The maximum Gasteiger partial charge on any atom is 0.242 e. The van der Waals surface area contributed by atoms with Crippen molar-refractivity contribution in [3.63, 3.8) is 0 Å². The fourth-order valence-electron chi connectivity index (χ4n) is 2.79. The van der Waals surface area contributed by atoms with Crippen LogP contribution in [0.3, 0.4) is 0 Å². The highest BCUT2D eigenvalue weighted by molar-refractivity contribution is 5.86. The van der Waals surface area contributed by atoms with E-state index in [1.165, 1.54) is 19.3 Å². The van der Waals surface area contributed by atoms with Gasteiger partial charge >= 0.3 is 0 Å². The second-order valence-corrected chi connectivity index (χ2v) is 5.21. The molecule has 86 valence electrons. The molecule has 2 aliphatic rings. The molecule has 2 heterocycles. The lowest BCUT2D eigenvalue weighted by atomic mass is 9.94. The molecule has 0 aromatic rings. The van der Waals surface area contributed by atoms with Crippen LogP contribution in [0.2, 0.25) is 0 Å². The average Bonchev–Trinajstić information content (AvgIpc) is 2.66. The summed E-state index contributed by atoms with van der Waals surface area (Å²) in [4.78, 5) is 14.5. The van der Waals surface area contributed by atoms with E-state index in [2.05, 4.69) is 24.1 Å². The predicted octanol–water partition coefficient (Wildman–Crippen LogP) is 1.53. The first-order valence-corrected chi connectivity index (χ1v) is 6.19. The molecule has 1 amide bonds. The number of carbonyl (C=O) groups excluding carboxylic acids is 1. The minimum absolute atomic E-state index is 0.272. The van der Waals surface area contributed by atoms with Crippen LogP contribution in [0, 0.1) is 0 Å². The van der Waals surface area contributed by atoms with Crippen molar-refractivity contribution in [2.24, 2.45) is 0 Å². The Balaban J connectivity index is 2.05. The van der Waals surface area contributed by atoms with Gasteiger partial charge in [0.2, 0.25) is 5.91 Å². The smallest absolute Gasteiger partial charge is 0.242 e. The minimum atomic E-state index is -0.272. The molecule has 0 aromatic heterocycles. The van der Waals surface area contributed by atoms with E-state index in [1.54, 1.807) is 0 Å². The van der Waals surface area contributed by atoms with Crippen molar-refractivity contribution in [1.82, 2.24) is 10.2 Å². The molecule has 0 aromatic carbocycles. The van der Waals surface area contributed by atoms with Crippen LogP contribution in [0.1, 0.15) is 46.0 Å². The fourth-order valence-corrected chi connectivity index (χ4v) is 2.79. The zero-order chi connectivity index (χ0) is 10.9. The van der Waals surface area contributed by atoms with Gasteiger partial charge in [-0.25, -0.2) is 0 Å². The third kappa shape index (κ3) is 2.03. The number of hydrogen-bond acceptors (Lipinski definition) is 2. The second-order valence-electron chi connectivity index (χ2n) is 5.21. The summed E-state index contributed by atoms with van der Waals surface area (Å²) in [7, 11) is 0. The molecule has 0 spiro atoms. The summed E-state index contributed by atoms with van der Waals surface area (Å²) < 4.78 is 0. The highest BCUT2D eigenvalue weighted by Gasteiger charge is 2.40. The lowest BCUT2D eigenvalue weighted by Crippen LogP contribution is -2.56. The largest absolute Gasteiger partial charge is 0.338 e. The predicted molar refractivity (Wildman–Crippen MR) is 60.7 cm³/mol. The van der Waals surface area contributed by atoms with E-state index in [0.717, 1.165) is 25.9 Å². The SMILES string of the molecule is CC1CCCCN1C(=O)C1(C)CCCN1. The molecular weight excluding hydrogens is 188 g/mol. The van der Waals surface area contributed by atoms with E-state index in [9.17, 15) is 4.79 Å². The van der Waals surface area contributed by atoms with Crippen molar-refractivity contribution in [2.45, 2.75) is 57.5 Å². The molecule has 0 aliphatic carbocycles. The van der Waals surface area contributed by atoms with Gasteiger partial charge in [0.1, 0.15) is 0 Å². The lowest BCUT2D eigenvalue weighted by molar-refractivity contribution is -0.140. The van der Waals surface area contributed by atoms with Crippen LogP contribution in [-0.4, -0.2) is 35.5 Å². The number of nitrogens with zero attached hydrogens (tertiary/aromatic N) is 1. The number of rotatable bonds is 1. The van der Waals surface area contributed by atoms with E-state index in [-0.39, 0.29) is 5.54 Å². The molecule has 1 N–H and O–H groups in total. The van der Waals surface area contributed by atoms with Crippen LogP contribution < -0.4 is 5.32 Å². The maximum absolute atomic E-state index is 12.4. The van der Waals surface area contributed by atoms with Gasteiger partial charge in [-0.1, -0.05) is 0 Å². The van der Waals surface area contributed by atoms with E-state index in [1.807, 2.05) is 0 Å². The zero-order valence-electron chi connectivity index (χ0n) is 9.88. The Kier molecular flexibility index (Phi) is 3.01. The van der Waals surface area contributed by atoms with E-state index in [4.69, 9.17) is 0 Å². The van der Waals surface area contributed by atoms with Crippen molar-refractivity contribution >= 4 is 5.91 Å². The minimum Gasteiger partial charge on any atom is -0.338 e. The summed E-state index contributed by atoms with van der Waals surface area (Å²) in [6, 6.07) is 0.436. The highest BCUT2D eigenvalue weighted by Crippen LogP contribution is 2.25. The highest BCUT2D eigenvalue weighted by atomic mass is 16.2. The average molecular weight is 210 g/mol. The second kappa shape index (κ2) is 4.12. The molecule has 2 unspecified atom stereocenters. The molecule has 2 atom stereocenters. The molecule has 0 saturated carbocycles. The lowest BCUT2D eigenvalue weighted by Gasteiger charge is -2.38. The van der Waals surface area contributed by atoms with Gasteiger partial charge < -0.3 is 10.2 Å². The van der Waals surface area contributed by atoms with Crippen molar-refractivity contribution in [2.75, 3.05) is 13.1 Å². The normalized spacial score (nSPS) is 36.9. The summed E-state index contributed by atoms with van der Waals surface area (Å²) >= 11 is 0. The zero-order valence-corrected chi connectivity index (χ0v) is 9.88. The molecular formula is C12H22N2O. The summed E-state index contributed by atoms with van der Waals surface area (Å²) in [5.74, 6) is 0.326. The van der Waals surface area contributed by atoms with Crippen LogP contribution >= 0.6 is 0 Å². The number of likely N-dealkylation sites (tertiary alicyclic amines) is 1. The van der Waals surface area contributed by atoms with E-state index >= 15 is 0 Å². The van der Waals surface area contributed by atoms with Crippen LogP contribution in [0.5, 0.6) is 0 Å². The fraction of sp³-hybridized carbons (Fsp3) is 0.917. The Hall–Kier alpha value is -0.570. The van der Waals surface area contributed by atoms with Crippen LogP contribution in [0.15, 0.2) is 0 Å². The summed E-state index contributed by atoms with van der Waals surface area (Å²) in [6.45, 7) is 6.18. The topological polar surface area (TPSA) is 32.3 Å². The Morgan fingerprint density at radius 2 is 2.20 bits per heavy atom. The number of carbonyl (C=O) groups is 1. The first-order chi connectivity index (χ1) is 7.13. The molecule has 0 radical (unpaired) electrons. The Morgan fingerprint density at radius 1 is 1.40 bits per heavy atom. The van der Waals surface area contributed by atoms with Gasteiger partial charge in [-0.15, -0.1) is 0 Å². The number of hydrogen-bond donors (Lipinski definition) is 1. The molecule has 15 heavy (non-hydrogen) atoms. The first-order valence-electron chi connectivity index (χ1n) is 6.19.